The maximum absolute atomic E-state index is 13.2. The van der Waals surface area contributed by atoms with E-state index in [2.05, 4.69) is 5.32 Å². The number of carbonyl (C=O) groups excluding carboxylic acids is 3. The van der Waals surface area contributed by atoms with Gasteiger partial charge in [0.15, 0.2) is 0 Å². The molecule has 2 amide bonds. The number of fused-ring (bicyclic) bond motifs is 1. The Labute approximate surface area is 261 Å². The van der Waals surface area contributed by atoms with Crippen molar-refractivity contribution >= 4 is 51.2 Å². The topological polar surface area (TPSA) is 215 Å². The van der Waals surface area contributed by atoms with Crippen molar-refractivity contribution in [3.05, 3.63) is 90.5 Å². The van der Waals surface area contributed by atoms with Gasteiger partial charge >= 0.3 is 12.1 Å². The van der Waals surface area contributed by atoms with E-state index in [1.54, 1.807) is 0 Å². The molecule has 0 bridgehead atoms. The van der Waals surface area contributed by atoms with Crippen LogP contribution in [-0.4, -0.2) is 71.8 Å². The lowest BCUT2D eigenvalue weighted by molar-refractivity contribution is -0.385. The van der Waals surface area contributed by atoms with Gasteiger partial charge in [-0.25, -0.2) is 9.59 Å². The largest absolute Gasteiger partial charge is 0.456 e. The third-order valence-electron chi connectivity index (χ3n) is 6.88. The number of nitro groups is 2. The van der Waals surface area contributed by atoms with Crippen LogP contribution in [0.3, 0.4) is 0 Å². The summed E-state index contributed by atoms with van der Waals surface area (Å²) in [4.78, 5) is 60.8. The molecule has 18 heteroatoms. The minimum atomic E-state index is -3.84. The van der Waals surface area contributed by atoms with Gasteiger partial charge in [-0.15, -0.1) is 11.8 Å². The number of nitrogens with one attached hydrogen (secondary N) is 1. The molecule has 3 unspecified atom stereocenters. The quantitative estimate of drug-likeness (QED) is 0.0768. The second kappa shape index (κ2) is 14.0. The zero-order valence-corrected chi connectivity index (χ0v) is 25.6. The molecule has 2 aromatic rings. The number of ether oxygens (including phenoxy) is 2. The van der Waals surface area contributed by atoms with Crippen molar-refractivity contribution in [1.82, 2.24) is 10.2 Å². The summed E-state index contributed by atoms with van der Waals surface area (Å²) in [7, 11) is -3.84. The number of thioether (sulfide) groups is 1. The normalized spacial score (nSPS) is 18.1. The molecule has 4 rings (SSSR count). The van der Waals surface area contributed by atoms with Crippen LogP contribution in [0.5, 0.6) is 0 Å². The minimum absolute atomic E-state index is 0.000430. The number of carbonyl (C=O) groups is 3. The number of nitro benzene ring substituents is 2. The summed E-state index contributed by atoms with van der Waals surface area (Å²) < 4.78 is 38.9. The van der Waals surface area contributed by atoms with Gasteiger partial charge in [-0.3, -0.25) is 29.2 Å². The highest BCUT2D eigenvalue weighted by Crippen LogP contribution is 2.48. The number of esters is 1. The van der Waals surface area contributed by atoms with Crippen LogP contribution in [0.25, 0.3) is 0 Å². The van der Waals surface area contributed by atoms with Crippen molar-refractivity contribution in [2.75, 3.05) is 18.6 Å². The van der Waals surface area contributed by atoms with Crippen LogP contribution in [0.2, 0.25) is 0 Å². The van der Waals surface area contributed by atoms with E-state index >= 15 is 0 Å². The fourth-order valence-corrected chi connectivity index (χ4v) is 6.57. The van der Waals surface area contributed by atoms with Gasteiger partial charge in [0.05, 0.1) is 34.2 Å². The van der Waals surface area contributed by atoms with Gasteiger partial charge < -0.3 is 19.7 Å². The number of nitrogens with zero attached hydrogens (tertiary/aromatic N) is 3. The van der Waals surface area contributed by atoms with Gasteiger partial charge in [0.25, 0.3) is 21.5 Å². The highest BCUT2D eigenvalue weighted by atomic mass is 32.2. The molecule has 0 spiro atoms. The molecule has 2 aromatic carbocycles. The number of amides is 2. The molecule has 2 aliphatic rings. The smallest absolute Gasteiger partial charge is 0.407 e. The van der Waals surface area contributed by atoms with Gasteiger partial charge in [-0.05, 0) is 42.3 Å². The number of rotatable bonds is 14. The molecular weight excluding hydrogens is 636 g/mol. The Morgan fingerprint density at radius 3 is 2.04 bits per heavy atom. The molecule has 2 aliphatic heterocycles. The number of hydrogen-bond donors (Lipinski definition) is 1. The van der Waals surface area contributed by atoms with Crippen molar-refractivity contribution in [1.29, 1.82) is 0 Å². The summed E-state index contributed by atoms with van der Waals surface area (Å²) >= 11 is 1.20. The second-order valence-corrected chi connectivity index (χ2v) is 12.8. The van der Waals surface area contributed by atoms with Crippen molar-refractivity contribution in [2.45, 2.75) is 38.7 Å². The number of alkyl carbamates (subject to hydrolysis) is 1. The average molecular weight is 665 g/mol. The molecule has 1 saturated heterocycles. The number of hydrogen-bond acceptors (Lipinski definition) is 13. The van der Waals surface area contributed by atoms with E-state index in [-0.39, 0.29) is 49.0 Å². The first-order valence-electron chi connectivity index (χ1n) is 13.4. The van der Waals surface area contributed by atoms with Crippen LogP contribution in [0, 0.1) is 26.1 Å². The van der Waals surface area contributed by atoms with E-state index in [1.165, 1.54) is 72.1 Å². The van der Waals surface area contributed by atoms with Gasteiger partial charge in [-0.2, -0.15) is 8.42 Å². The maximum Gasteiger partial charge on any atom is 0.407 e. The predicted molar refractivity (Wildman–Crippen MR) is 158 cm³/mol. The summed E-state index contributed by atoms with van der Waals surface area (Å²) in [5.74, 6) is -1.85. The fraction of sp³-hybridized carbons (Fsp3) is 0.370. The maximum atomic E-state index is 13.2. The zero-order chi connectivity index (χ0) is 32.9. The van der Waals surface area contributed by atoms with Crippen LogP contribution in [-0.2, 0) is 46.6 Å². The Hall–Kier alpha value is -4.55. The number of β-lactam (4-membered cyclic amide) rings is 1. The zero-order valence-electron chi connectivity index (χ0n) is 23.9. The molecule has 0 aliphatic carbocycles. The lowest BCUT2D eigenvalue weighted by atomic mass is 9.83. The Morgan fingerprint density at radius 1 is 1.00 bits per heavy atom. The molecule has 0 aromatic heterocycles. The fourth-order valence-electron chi connectivity index (χ4n) is 4.84. The third kappa shape index (κ3) is 8.34. The van der Waals surface area contributed by atoms with Gasteiger partial charge in [0, 0.05) is 47.9 Å². The van der Waals surface area contributed by atoms with E-state index in [9.17, 15) is 43.0 Å². The Kier molecular flexibility index (Phi) is 10.4. The van der Waals surface area contributed by atoms with Crippen molar-refractivity contribution < 1.29 is 46.3 Å². The van der Waals surface area contributed by atoms with E-state index < -0.39 is 56.0 Å². The molecule has 1 fully saturated rings. The van der Waals surface area contributed by atoms with Gasteiger partial charge in [0.1, 0.15) is 18.9 Å². The highest BCUT2D eigenvalue weighted by Gasteiger charge is 2.58. The standard InChI is InChI=1S/C27H28N4O12S2/c1-16(43-45(2,39)40)23-21-13-22(44-12-11-28-27(34)42-15-18-5-9-20(10-6-18)31(37)38)24(29(21)25(23)32)26(33)41-14-17-3-7-19(8-4-17)30(35)36/h3-10,16,21,23H,11-15H2,1-2H3,(H,28,34). The molecule has 1 N–H and O–H groups in total. The van der Waals surface area contributed by atoms with Gasteiger partial charge in [0.2, 0.25) is 5.91 Å². The van der Waals surface area contributed by atoms with Crippen molar-refractivity contribution in [2.24, 2.45) is 5.92 Å². The first-order valence-corrected chi connectivity index (χ1v) is 16.2. The molecule has 0 radical (unpaired) electrons. The summed E-state index contributed by atoms with van der Waals surface area (Å²) in [6.07, 6.45) is -0.597. The van der Waals surface area contributed by atoms with E-state index in [0.29, 0.717) is 16.0 Å². The van der Waals surface area contributed by atoms with Crippen LogP contribution in [0.1, 0.15) is 24.5 Å². The third-order valence-corrected chi connectivity index (χ3v) is 8.65. The van der Waals surface area contributed by atoms with Gasteiger partial charge in [-0.1, -0.05) is 0 Å². The first-order chi connectivity index (χ1) is 21.2. The van der Waals surface area contributed by atoms with Crippen LogP contribution in [0.4, 0.5) is 16.2 Å². The first kappa shape index (κ1) is 33.3. The Bertz CT molecular complexity index is 1630. The molecular formula is C27H28N4O12S2. The van der Waals surface area contributed by atoms with Crippen molar-refractivity contribution in [3.8, 4) is 0 Å². The molecule has 16 nitrogen and oxygen atoms in total. The monoisotopic (exact) mass is 664 g/mol. The number of benzene rings is 2. The summed E-state index contributed by atoms with van der Waals surface area (Å²) in [5, 5.41) is 24.2. The Balaban J connectivity index is 1.37. The number of non-ortho nitro benzene ring substituents is 2. The molecule has 3 atom stereocenters. The minimum Gasteiger partial charge on any atom is -0.456 e. The summed E-state index contributed by atoms with van der Waals surface area (Å²) in [5.41, 5.74) is 0.817. The van der Waals surface area contributed by atoms with Crippen LogP contribution < -0.4 is 5.32 Å². The van der Waals surface area contributed by atoms with Crippen LogP contribution >= 0.6 is 11.8 Å². The van der Waals surface area contributed by atoms with E-state index in [4.69, 9.17) is 13.7 Å². The predicted octanol–water partition coefficient (Wildman–Crippen LogP) is 3.01. The van der Waals surface area contributed by atoms with Crippen LogP contribution in [0.15, 0.2) is 59.1 Å². The highest BCUT2D eigenvalue weighted by molar-refractivity contribution is 8.03. The molecule has 2 heterocycles. The molecule has 240 valence electrons. The molecule has 45 heavy (non-hydrogen) atoms. The SMILES string of the molecule is CC(OS(C)(=O)=O)C1C(=O)N2C(C(=O)OCc3ccc([N+](=O)[O-])cc3)=C(SCCNC(=O)OCc3ccc([N+](=O)[O-])cc3)CC12. The van der Waals surface area contributed by atoms with Crippen molar-refractivity contribution in [3.63, 3.8) is 0 Å². The lowest BCUT2D eigenvalue weighted by Gasteiger charge is -2.45. The average Bonchev–Trinajstić information content (AvgIpc) is 3.30. The lowest BCUT2D eigenvalue weighted by Crippen LogP contribution is -2.62. The summed E-state index contributed by atoms with van der Waals surface area (Å²) in [6, 6.07) is 10.4. The van der Waals surface area contributed by atoms with E-state index in [1.807, 2.05) is 0 Å². The Morgan fingerprint density at radius 2 is 1.53 bits per heavy atom. The molecule has 0 saturated carbocycles. The summed E-state index contributed by atoms with van der Waals surface area (Å²) in [6.45, 7) is 1.25. The second-order valence-electron chi connectivity index (χ2n) is 10.1. The van der Waals surface area contributed by atoms with E-state index in [0.717, 1.165) is 6.26 Å².